The SMILES string of the molecule is O=C1N(c2ccc(C(F)(F)F)cc2)CCCC12CCN(c1cnc3ccccc3n1)CC2. The van der Waals surface area contributed by atoms with E-state index in [9.17, 15) is 18.0 Å². The van der Waals surface area contributed by atoms with Crippen LogP contribution in [-0.4, -0.2) is 35.5 Å². The molecule has 1 amide bonds. The number of halogens is 3. The van der Waals surface area contributed by atoms with Crippen LogP contribution in [0.5, 0.6) is 0 Å². The molecule has 0 unspecified atom stereocenters. The molecule has 3 heterocycles. The molecular formula is C24H23F3N4O. The lowest BCUT2D eigenvalue weighted by molar-refractivity contribution is -0.137. The summed E-state index contributed by atoms with van der Waals surface area (Å²) in [6, 6.07) is 12.6. The second-order valence-electron chi connectivity index (χ2n) is 8.59. The largest absolute Gasteiger partial charge is 0.416 e. The third-order valence-corrected chi connectivity index (χ3v) is 6.72. The van der Waals surface area contributed by atoms with Gasteiger partial charge in [-0.05, 0) is 62.1 Å². The van der Waals surface area contributed by atoms with Gasteiger partial charge < -0.3 is 9.80 Å². The number of amides is 1. The molecule has 0 N–H and O–H groups in total. The molecule has 3 aromatic rings. The zero-order chi connectivity index (χ0) is 22.3. The maximum absolute atomic E-state index is 13.5. The van der Waals surface area contributed by atoms with Crippen LogP contribution in [0.15, 0.2) is 54.7 Å². The molecular weight excluding hydrogens is 417 g/mol. The van der Waals surface area contributed by atoms with Crippen molar-refractivity contribution in [1.82, 2.24) is 9.97 Å². The van der Waals surface area contributed by atoms with Crippen molar-refractivity contribution in [3.05, 3.63) is 60.3 Å². The lowest BCUT2D eigenvalue weighted by Gasteiger charge is -2.46. The summed E-state index contributed by atoms with van der Waals surface area (Å²) in [5.41, 5.74) is 1.05. The second kappa shape index (κ2) is 7.76. The lowest BCUT2D eigenvalue weighted by Crippen LogP contribution is -2.54. The van der Waals surface area contributed by atoms with Crippen LogP contribution in [0.4, 0.5) is 24.7 Å². The average molecular weight is 440 g/mol. The fourth-order valence-corrected chi connectivity index (χ4v) is 4.87. The van der Waals surface area contributed by atoms with Gasteiger partial charge in [0.15, 0.2) is 0 Å². The zero-order valence-electron chi connectivity index (χ0n) is 17.5. The summed E-state index contributed by atoms with van der Waals surface area (Å²) in [4.78, 5) is 26.5. The van der Waals surface area contributed by atoms with Gasteiger partial charge in [0, 0.05) is 25.3 Å². The highest BCUT2D eigenvalue weighted by molar-refractivity contribution is 5.98. The summed E-state index contributed by atoms with van der Waals surface area (Å²) < 4.78 is 38.7. The normalized spacial score (nSPS) is 19.0. The Morgan fingerprint density at radius 3 is 2.25 bits per heavy atom. The smallest absolute Gasteiger partial charge is 0.355 e. The zero-order valence-corrected chi connectivity index (χ0v) is 17.5. The van der Waals surface area contributed by atoms with E-state index in [4.69, 9.17) is 4.98 Å². The third kappa shape index (κ3) is 3.67. The van der Waals surface area contributed by atoms with Crippen molar-refractivity contribution in [3.63, 3.8) is 0 Å². The first kappa shape index (κ1) is 20.7. The Hall–Kier alpha value is -3.16. The first-order chi connectivity index (χ1) is 15.4. The van der Waals surface area contributed by atoms with Gasteiger partial charge in [-0.3, -0.25) is 9.78 Å². The molecule has 0 saturated carbocycles. The van der Waals surface area contributed by atoms with Crippen LogP contribution in [0.1, 0.15) is 31.2 Å². The number of carbonyl (C=O) groups is 1. The number of rotatable bonds is 2. The van der Waals surface area contributed by atoms with Gasteiger partial charge in [0.2, 0.25) is 5.91 Å². The molecule has 1 spiro atoms. The van der Waals surface area contributed by atoms with E-state index in [1.54, 1.807) is 11.1 Å². The summed E-state index contributed by atoms with van der Waals surface area (Å²) in [6.45, 7) is 1.92. The van der Waals surface area contributed by atoms with E-state index in [0.717, 1.165) is 41.8 Å². The van der Waals surface area contributed by atoms with Gasteiger partial charge in [-0.1, -0.05) is 12.1 Å². The van der Waals surface area contributed by atoms with Crippen molar-refractivity contribution in [2.24, 2.45) is 5.41 Å². The van der Waals surface area contributed by atoms with Crippen molar-refractivity contribution in [2.75, 3.05) is 29.4 Å². The molecule has 2 aliphatic rings. The molecule has 8 heteroatoms. The quantitative estimate of drug-likeness (QED) is 0.559. The highest BCUT2D eigenvalue weighted by atomic mass is 19.4. The minimum atomic E-state index is -4.38. The molecule has 1 aromatic heterocycles. The Labute approximate surface area is 183 Å². The van der Waals surface area contributed by atoms with Gasteiger partial charge in [-0.2, -0.15) is 13.2 Å². The summed E-state index contributed by atoms with van der Waals surface area (Å²) in [6.07, 6.45) is 0.416. The van der Waals surface area contributed by atoms with Crippen LogP contribution in [0, 0.1) is 5.41 Å². The number of fused-ring (bicyclic) bond motifs is 1. The molecule has 2 saturated heterocycles. The number of carbonyl (C=O) groups excluding carboxylic acids is 1. The fourth-order valence-electron chi connectivity index (χ4n) is 4.87. The van der Waals surface area contributed by atoms with Crippen molar-refractivity contribution in [1.29, 1.82) is 0 Å². The number of aromatic nitrogens is 2. The number of hydrogen-bond donors (Lipinski definition) is 0. The third-order valence-electron chi connectivity index (χ3n) is 6.72. The van der Waals surface area contributed by atoms with E-state index >= 15 is 0 Å². The number of hydrogen-bond acceptors (Lipinski definition) is 4. The first-order valence-electron chi connectivity index (χ1n) is 10.8. The minimum absolute atomic E-state index is 0.0211. The highest BCUT2D eigenvalue weighted by Crippen LogP contribution is 2.43. The lowest BCUT2D eigenvalue weighted by atomic mass is 9.71. The molecule has 0 radical (unpaired) electrons. The van der Waals surface area contributed by atoms with Crippen LogP contribution >= 0.6 is 0 Å². The number of alkyl halides is 3. The van der Waals surface area contributed by atoms with Gasteiger partial charge in [-0.25, -0.2) is 4.98 Å². The number of benzene rings is 2. The molecule has 2 fully saturated rings. The maximum Gasteiger partial charge on any atom is 0.416 e. The van der Waals surface area contributed by atoms with Crippen LogP contribution in [0.25, 0.3) is 11.0 Å². The van der Waals surface area contributed by atoms with Gasteiger partial charge in [0.25, 0.3) is 0 Å². The summed E-state index contributed by atoms with van der Waals surface area (Å²) >= 11 is 0. The second-order valence-corrected chi connectivity index (χ2v) is 8.59. The number of para-hydroxylation sites is 2. The minimum Gasteiger partial charge on any atom is -0.355 e. The molecule has 2 aliphatic heterocycles. The van der Waals surface area contributed by atoms with E-state index in [1.165, 1.54) is 12.1 Å². The molecule has 5 nitrogen and oxygen atoms in total. The molecule has 0 bridgehead atoms. The van der Waals surface area contributed by atoms with Crippen LogP contribution in [0.2, 0.25) is 0 Å². The highest BCUT2D eigenvalue weighted by Gasteiger charge is 2.46. The average Bonchev–Trinajstić information content (AvgIpc) is 2.81. The molecule has 0 aliphatic carbocycles. The Balaban J connectivity index is 1.32. The molecule has 32 heavy (non-hydrogen) atoms. The van der Waals surface area contributed by atoms with Crippen LogP contribution in [-0.2, 0) is 11.0 Å². The van der Waals surface area contributed by atoms with E-state index in [1.807, 2.05) is 24.3 Å². The molecule has 5 rings (SSSR count). The maximum atomic E-state index is 13.5. The first-order valence-corrected chi connectivity index (χ1v) is 10.8. The van der Waals surface area contributed by atoms with E-state index < -0.39 is 17.2 Å². The van der Waals surface area contributed by atoms with Crippen molar-refractivity contribution < 1.29 is 18.0 Å². The standard InChI is InChI=1S/C24H23F3N4O/c25-24(26,27)17-6-8-18(9-7-17)31-13-3-10-23(22(31)32)11-14-30(15-12-23)21-16-28-19-4-1-2-5-20(19)29-21/h1-2,4-9,16H,3,10-15H2. The predicted molar refractivity (Wildman–Crippen MR) is 116 cm³/mol. The molecule has 2 aromatic carbocycles. The number of nitrogens with zero attached hydrogens (tertiary/aromatic N) is 4. The van der Waals surface area contributed by atoms with Gasteiger partial charge >= 0.3 is 6.18 Å². The molecule has 166 valence electrons. The van der Waals surface area contributed by atoms with E-state index in [2.05, 4.69) is 9.88 Å². The van der Waals surface area contributed by atoms with E-state index in [0.29, 0.717) is 38.2 Å². The van der Waals surface area contributed by atoms with Gasteiger partial charge in [0.1, 0.15) is 5.82 Å². The Kier molecular flexibility index (Phi) is 5.03. The van der Waals surface area contributed by atoms with E-state index in [-0.39, 0.29) is 5.91 Å². The monoisotopic (exact) mass is 440 g/mol. The van der Waals surface area contributed by atoms with Crippen molar-refractivity contribution in [3.8, 4) is 0 Å². The topological polar surface area (TPSA) is 49.3 Å². The van der Waals surface area contributed by atoms with Crippen LogP contribution in [0.3, 0.4) is 0 Å². The number of piperidine rings is 2. The summed E-state index contributed by atoms with van der Waals surface area (Å²) in [5.74, 6) is 0.828. The van der Waals surface area contributed by atoms with Crippen molar-refractivity contribution in [2.45, 2.75) is 31.9 Å². The Morgan fingerprint density at radius 1 is 0.875 bits per heavy atom. The fraction of sp³-hybridized carbons (Fsp3) is 0.375. The number of anilines is 2. The van der Waals surface area contributed by atoms with Crippen molar-refractivity contribution >= 4 is 28.4 Å². The molecule has 0 atom stereocenters. The summed E-state index contributed by atoms with van der Waals surface area (Å²) in [5, 5.41) is 0. The summed E-state index contributed by atoms with van der Waals surface area (Å²) in [7, 11) is 0. The van der Waals surface area contributed by atoms with Crippen LogP contribution < -0.4 is 9.80 Å². The van der Waals surface area contributed by atoms with Gasteiger partial charge in [-0.15, -0.1) is 0 Å². The predicted octanol–water partition coefficient (Wildman–Crippen LogP) is 5.06. The Bertz CT molecular complexity index is 1140. The van der Waals surface area contributed by atoms with Gasteiger partial charge in [0.05, 0.1) is 28.2 Å². The Morgan fingerprint density at radius 2 is 1.56 bits per heavy atom.